The van der Waals surface area contributed by atoms with Crippen molar-refractivity contribution in [2.45, 2.75) is 25.6 Å². The van der Waals surface area contributed by atoms with E-state index in [-0.39, 0.29) is 35.2 Å². The summed E-state index contributed by atoms with van der Waals surface area (Å²) in [6, 6.07) is 10.5. The van der Waals surface area contributed by atoms with Crippen LogP contribution in [0.4, 0.5) is 5.82 Å². The first kappa shape index (κ1) is 35.6. The second kappa shape index (κ2) is 16.6. The van der Waals surface area contributed by atoms with Gasteiger partial charge in [0.25, 0.3) is 0 Å². The zero-order chi connectivity index (χ0) is 33.5. The molecule has 4 atom stereocenters. The van der Waals surface area contributed by atoms with E-state index in [4.69, 9.17) is 55.9 Å². The number of pyridine rings is 1. The third kappa shape index (κ3) is 9.07. The van der Waals surface area contributed by atoms with Crippen LogP contribution in [0.1, 0.15) is 47.0 Å². The Hall–Kier alpha value is -2.67. The van der Waals surface area contributed by atoms with Crippen LogP contribution in [0.3, 0.4) is 0 Å². The predicted octanol–water partition coefficient (Wildman–Crippen LogP) is 6.25. The third-order valence-electron chi connectivity index (χ3n) is 8.34. The van der Waals surface area contributed by atoms with Crippen molar-refractivity contribution in [3.05, 3.63) is 79.4 Å². The number of hydrogen-bond donors (Lipinski definition) is 5. The van der Waals surface area contributed by atoms with Crippen LogP contribution in [0.25, 0.3) is 11.1 Å². The second-order valence-electron chi connectivity index (χ2n) is 11.6. The highest BCUT2D eigenvalue weighted by Crippen LogP contribution is 2.41. The number of ether oxygens (including phenoxy) is 2. The molecule has 3 aromatic rings. The number of halogens is 4. The van der Waals surface area contributed by atoms with Crippen molar-refractivity contribution >= 4 is 64.1 Å². The maximum absolute atomic E-state index is 12.6. The molecule has 5 rings (SSSR count). The van der Waals surface area contributed by atoms with Crippen LogP contribution in [-0.4, -0.2) is 74.4 Å². The molecule has 2 aromatic carbocycles. The molecule has 0 aliphatic carbocycles. The summed E-state index contributed by atoms with van der Waals surface area (Å²) in [7, 11) is 0. The van der Waals surface area contributed by atoms with Crippen molar-refractivity contribution in [3.8, 4) is 11.1 Å². The molecular formula is C33H37Cl4N5O5. The topological polar surface area (TPSA) is 134 Å². The SMILES string of the molecule is CC(=O)NCCC1CNCCOC1c1cc(Cl)c(Cl)cc1-c1cnc(NCC2CNCCOC2c2ccc(Cl)c(Cl)c2)c(C(=O)O)c1. The molecule has 14 heteroatoms. The average Bonchev–Trinajstić information content (AvgIpc) is 3.43. The summed E-state index contributed by atoms with van der Waals surface area (Å²) in [5.41, 5.74) is 2.87. The molecule has 2 aliphatic rings. The summed E-state index contributed by atoms with van der Waals surface area (Å²) in [5, 5.41) is 24.7. The Morgan fingerprint density at radius 1 is 0.915 bits per heavy atom. The van der Waals surface area contributed by atoms with Gasteiger partial charge >= 0.3 is 5.97 Å². The number of anilines is 1. The number of carboxylic acids is 1. The smallest absolute Gasteiger partial charge is 0.339 e. The number of carboxylic acid groups (broad SMARTS) is 1. The van der Waals surface area contributed by atoms with Gasteiger partial charge in [0.1, 0.15) is 11.4 Å². The Morgan fingerprint density at radius 3 is 2.30 bits per heavy atom. The fourth-order valence-electron chi connectivity index (χ4n) is 6.04. The van der Waals surface area contributed by atoms with Crippen molar-refractivity contribution in [3.63, 3.8) is 0 Å². The standard InChI is InChI=1S/C33H37Cl4N5O5/c1-18(43)40-5-4-20-14-38-7-9-47-31(20)24-13-29(37)28(36)12-23(24)21-10-25(33(44)45)32(41-16-21)42-17-22-15-39-6-8-46-30(22)19-2-3-26(34)27(35)11-19/h2-3,10-13,16,20,22,30-31,38-39H,4-9,14-15,17H2,1H3,(H,40,43)(H,41,42)(H,44,45). The Labute approximate surface area is 293 Å². The highest BCUT2D eigenvalue weighted by Gasteiger charge is 2.31. The number of aromatic carboxylic acids is 1. The van der Waals surface area contributed by atoms with E-state index in [1.165, 1.54) is 6.92 Å². The minimum Gasteiger partial charge on any atom is -0.478 e. The molecule has 10 nitrogen and oxygen atoms in total. The van der Waals surface area contributed by atoms with Gasteiger partial charge in [-0.2, -0.15) is 0 Å². The molecular weight excluding hydrogens is 688 g/mol. The van der Waals surface area contributed by atoms with Crippen LogP contribution in [0, 0.1) is 11.8 Å². The Kier molecular flexibility index (Phi) is 12.6. The van der Waals surface area contributed by atoms with E-state index in [2.05, 4.69) is 26.3 Å². The van der Waals surface area contributed by atoms with Gasteiger partial charge < -0.3 is 35.8 Å². The summed E-state index contributed by atoms with van der Waals surface area (Å²) in [5.74, 6) is -1.10. The minimum absolute atomic E-state index is 0.00114. The van der Waals surface area contributed by atoms with Crippen molar-refractivity contribution in [1.82, 2.24) is 20.9 Å². The minimum atomic E-state index is -1.14. The largest absolute Gasteiger partial charge is 0.478 e. The summed E-state index contributed by atoms with van der Waals surface area (Å²) < 4.78 is 12.5. The first-order valence-electron chi connectivity index (χ1n) is 15.4. The Bertz CT molecular complexity index is 1600. The van der Waals surface area contributed by atoms with Crippen molar-refractivity contribution < 1.29 is 24.2 Å². The molecule has 1 aromatic heterocycles. The summed E-state index contributed by atoms with van der Waals surface area (Å²) in [6.07, 6.45) is 1.58. The molecule has 1 amide bonds. The van der Waals surface area contributed by atoms with Gasteiger partial charge in [0.05, 0.1) is 45.5 Å². The molecule has 0 bridgehead atoms. The molecule has 0 radical (unpaired) electrons. The normalized spacial score (nSPS) is 21.8. The van der Waals surface area contributed by atoms with Gasteiger partial charge in [-0.3, -0.25) is 4.79 Å². The third-order valence-corrected chi connectivity index (χ3v) is 9.80. The Balaban J connectivity index is 1.44. The summed E-state index contributed by atoms with van der Waals surface area (Å²) >= 11 is 25.5. The number of carbonyl (C=O) groups is 2. The number of carbonyl (C=O) groups excluding carboxylic acids is 1. The number of hydrogen-bond acceptors (Lipinski definition) is 8. The quantitative estimate of drug-likeness (QED) is 0.165. The average molecular weight is 726 g/mol. The van der Waals surface area contributed by atoms with Gasteiger partial charge in [0, 0.05) is 69.8 Å². The fourth-order valence-corrected chi connectivity index (χ4v) is 6.68. The molecule has 2 fully saturated rings. The molecule has 2 saturated heterocycles. The lowest BCUT2D eigenvalue weighted by Gasteiger charge is -2.28. The Morgan fingerprint density at radius 2 is 1.60 bits per heavy atom. The van der Waals surface area contributed by atoms with E-state index in [0.29, 0.717) is 90.1 Å². The van der Waals surface area contributed by atoms with Crippen LogP contribution in [0.15, 0.2) is 42.6 Å². The predicted molar refractivity (Wildman–Crippen MR) is 185 cm³/mol. The maximum Gasteiger partial charge on any atom is 0.339 e. The van der Waals surface area contributed by atoms with Gasteiger partial charge in [-0.25, -0.2) is 9.78 Å². The first-order valence-corrected chi connectivity index (χ1v) is 16.9. The fraction of sp³-hybridized carbons (Fsp3) is 0.424. The summed E-state index contributed by atoms with van der Waals surface area (Å²) in [6.45, 7) is 5.96. The summed E-state index contributed by atoms with van der Waals surface area (Å²) in [4.78, 5) is 28.7. The lowest BCUT2D eigenvalue weighted by molar-refractivity contribution is -0.119. The van der Waals surface area contributed by atoms with Gasteiger partial charge in [0.2, 0.25) is 5.91 Å². The first-order chi connectivity index (χ1) is 22.6. The molecule has 2 aliphatic heterocycles. The molecule has 0 spiro atoms. The molecule has 3 heterocycles. The number of aromatic nitrogens is 1. The van der Waals surface area contributed by atoms with Crippen molar-refractivity contribution in [1.29, 1.82) is 0 Å². The number of nitrogens with one attached hydrogen (secondary N) is 4. The molecule has 252 valence electrons. The van der Waals surface area contributed by atoms with E-state index in [9.17, 15) is 14.7 Å². The lowest BCUT2D eigenvalue weighted by atomic mass is 9.87. The monoisotopic (exact) mass is 723 g/mol. The second-order valence-corrected chi connectivity index (χ2v) is 13.2. The number of nitrogens with zero attached hydrogens (tertiary/aromatic N) is 1. The zero-order valence-electron chi connectivity index (χ0n) is 25.8. The maximum atomic E-state index is 12.6. The van der Waals surface area contributed by atoms with Gasteiger partial charge in [-0.1, -0.05) is 52.5 Å². The lowest BCUT2D eigenvalue weighted by Crippen LogP contribution is -2.30. The van der Waals surface area contributed by atoms with Crippen molar-refractivity contribution in [2.24, 2.45) is 11.8 Å². The highest BCUT2D eigenvalue weighted by atomic mass is 35.5. The number of amides is 1. The number of rotatable bonds is 10. The van der Waals surface area contributed by atoms with Gasteiger partial charge in [-0.15, -0.1) is 0 Å². The van der Waals surface area contributed by atoms with Crippen LogP contribution in [0.5, 0.6) is 0 Å². The van der Waals surface area contributed by atoms with E-state index in [1.807, 2.05) is 6.07 Å². The molecule has 4 unspecified atom stereocenters. The van der Waals surface area contributed by atoms with E-state index < -0.39 is 12.1 Å². The number of benzene rings is 2. The van der Waals surface area contributed by atoms with Crippen LogP contribution < -0.4 is 21.3 Å². The van der Waals surface area contributed by atoms with Crippen molar-refractivity contribution in [2.75, 3.05) is 57.8 Å². The van der Waals surface area contributed by atoms with Gasteiger partial charge in [0.15, 0.2) is 0 Å². The van der Waals surface area contributed by atoms with Gasteiger partial charge in [-0.05, 0) is 53.4 Å². The van der Waals surface area contributed by atoms with Crippen LogP contribution in [-0.2, 0) is 14.3 Å². The van der Waals surface area contributed by atoms with E-state index in [1.54, 1.807) is 36.5 Å². The molecule has 47 heavy (non-hydrogen) atoms. The molecule has 0 saturated carbocycles. The van der Waals surface area contributed by atoms with Crippen LogP contribution >= 0.6 is 46.4 Å². The van der Waals surface area contributed by atoms with Crippen LogP contribution in [0.2, 0.25) is 20.1 Å². The zero-order valence-corrected chi connectivity index (χ0v) is 28.8. The van der Waals surface area contributed by atoms with E-state index in [0.717, 1.165) is 11.1 Å². The molecule has 5 N–H and O–H groups in total. The highest BCUT2D eigenvalue weighted by molar-refractivity contribution is 6.42. The van der Waals surface area contributed by atoms with E-state index >= 15 is 0 Å².